The Labute approximate surface area is 152 Å². The zero-order valence-electron chi connectivity index (χ0n) is 14.5. The maximum atomic E-state index is 12.3. The van der Waals surface area contributed by atoms with E-state index >= 15 is 0 Å². The molecule has 2 aromatic carbocycles. The minimum absolute atomic E-state index is 0.167. The molecule has 2 rings (SSSR count). The van der Waals surface area contributed by atoms with Crippen LogP contribution in [-0.4, -0.2) is 32.3 Å². The van der Waals surface area contributed by atoms with E-state index in [1.165, 1.54) is 0 Å². The van der Waals surface area contributed by atoms with Gasteiger partial charge in [0.1, 0.15) is 23.9 Å². The third-order valence-corrected chi connectivity index (χ3v) is 3.73. The Hall–Kier alpha value is -2.40. The number of rotatable bonds is 8. The molecule has 1 N–H and O–H groups in total. The Morgan fingerprint density at radius 1 is 1.12 bits per heavy atom. The van der Waals surface area contributed by atoms with E-state index in [0.717, 1.165) is 5.75 Å². The second kappa shape index (κ2) is 9.18. The van der Waals surface area contributed by atoms with Crippen LogP contribution in [-0.2, 0) is 0 Å². The highest BCUT2D eigenvalue weighted by molar-refractivity contribution is 6.32. The number of hydrogen-bond acceptors (Lipinski definition) is 4. The normalized spacial score (nSPS) is 11.5. The van der Waals surface area contributed by atoms with Gasteiger partial charge in [-0.3, -0.25) is 4.79 Å². The highest BCUT2D eigenvalue weighted by Crippen LogP contribution is 2.25. The molecule has 0 spiro atoms. The van der Waals surface area contributed by atoms with E-state index in [4.69, 9.17) is 25.8 Å². The number of halogens is 1. The van der Waals surface area contributed by atoms with Crippen molar-refractivity contribution in [1.29, 1.82) is 0 Å². The van der Waals surface area contributed by atoms with Gasteiger partial charge < -0.3 is 19.5 Å². The van der Waals surface area contributed by atoms with Crippen molar-refractivity contribution in [3.8, 4) is 17.2 Å². The molecule has 0 aliphatic rings. The lowest BCUT2D eigenvalue weighted by Gasteiger charge is -2.16. The van der Waals surface area contributed by atoms with Crippen molar-refractivity contribution >= 4 is 17.5 Å². The van der Waals surface area contributed by atoms with Crippen molar-refractivity contribution in [2.45, 2.75) is 19.9 Å². The molecule has 6 heteroatoms. The molecule has 0 saturated carbocycles. The highest BCUT2D eigenvalue weighted by atomic mass is 35.5. The van der Waals surface area contributed by atoms with Crippen LogP contribution in [0.1, 0.15) is 24.2 Å². The average Bonchev–Trinajstić information content (AvgIpc) is 2.62. The molecule has 25 heavy (non-hydrogen) atoms. The number of hydrogen-bond donors (Lipinski definition) is 1. The molecule has 1 atom stereocenters. The summed E-state index contributed by atoms with van der Waals surface area (Å²) in [5.41, 5.74) is 0.477. The molecule has 0 aromatic heterocycles. The maximum absolute atomic E-state index is 12.3. The van der Waals surface area contributed by atoms with Gasteiger partial charge in [0.15, 0.2) is 0 Å². The molecule has 0 heterocycles. The van der Waals surface area contributed by atoms with Gasteiger partial charge in [0, 0.05) is 5.56 Å². The molecule has 5 nitrogen and oxygen atoms in total. The van der Waals surface area contributed by atoms with Gasteiger partial charge in [-0.15, -0.1) is 0 Å². The first-order valence-corrected chi connectivity index (χ1v) is 8.41. The van der Waals surface area contributed by atoms with E-state index in [9.17, 15) is 4.79 Å². The second-order valence-corrected chi connectivity index (χ2v) is 5.85. The lowest BCUT2D eigenvalue weighted by Crippen LogP contribution is -2.36. The van der Waals surface area contributed by atoms with Gasteiger partial charge in [0.25, 0.3) is 5.91 Å². The summed E-state index contributed by atoms with van der Waals surface area (Å²) >= 11 is 6.11. The van der Waals surface area contributed by atoms with E-state index < -0.39 is 0 Å². The molecule has 1 amide bonds. The Kier molecular flexibility index (Phi) is 6.95. The van der Waals surface area contributed by atoms with E-state index in [1.54, 1.807) is 25.3 Å². The van der Waals surface area contributed by atoms with Gasteiger partial charge in [-0.2, -0.15) is 0 Å². The Morgan fingerprint density at radius 2 is 1.80 bits per heavy atom. The molecular formula is C19H22ClNO4. The van der Waals surface area contributed by atoms with Crippen molar-refractivity contribution in [3.63, 3.8) is 0 Å². The smallest absolute Gasteiger partial charge is 0.251 e. The average molecular weight is 364 g/mol. The highest BCUT2D eigenvalue weighted by Gasteiger charge is 2.12. The first-order chi connectivity index (χ1) is 12.0. The van der Waals surface area contributed by atoms with E-state index in [2.05, 4.69) is 5.32 Å². The number of methoxy groups -OCH3 is 1. The van der Waals surface area contributed by atoms with Crippen molar-refractivity contribution < 1.29 is 19.0 Å². The summed E-state index contributed by atoms with van der Waals surface area (Å²) in [7, 11) is 1.61. The second-order valence-electron chi connectivity index (χ2n) is 5.44. The largest absolute Gasteiger partial charge is 0.497 e. The van der Waals surface area contributed by atoms with Gasteiger partial charge in [0.05, 0.1) is 24.8 Å². The van der Waals surface area contributed by atoms with Crippen molar-refractivity contribution in [2.24, 2.45) is 0 Å². The SMILES string of the molecule is CCOc1ccc(C(=O)NC(C)COc2ccc(OC)cc2)cc1Cl. The van der Waals surface area contributed by atoms with E-state index in [0.29, 0.717) is 35.3 Å². The van der Waals surface area contributed by atoms with Crippen molar-refractivity contribution in [3.05, 3.63) is 53.1 Å². The molecule has 0 aliphatic carbocycles. The fourth-order valence-corrected chi connectivity index (χ4v) is 2.39. The topological polar surface area (TPSA) is 56.8 Å². The minimum atomic E-state index is -0.212. The summed E-state index contributed by atoms with van der Waals surface area (Å²) < 4.78 is 16.1. The minimum Gasteiger partial charge on any atom is -0.497 e. The number of ether oxygens (including phenoxy) is 3. The molecule has 2 aromatic rings. The molecule has 0 bridgehead atoms. The molecule has 0 saturated heterocycles. The summed E-state index contributed by atoms with van der Waals surface area (Å²) in [6.45, 7) is 4.62. The van der Waals surface area contributed by atoms with Crippen LogP contribution in [0.4, 0.5) is 0 Å². The summed E-state index contributed by atoms with van der Waals surface area (Å²) in [5, 5.41) is 3.29. The van der Waals surface area contributed by atoms with Crippen molar-refractivity contribution in [1.82, 2.24) is 5.32 Å². The number of carbonyl (C=O) groups is 1. The standard InChI is InChI=1S/C19H22ClNO4/c1-4-24-18-10-5-14(11-17(18)20)19(22)21-13(2)12-25-16-8-6-15(23-3)7-9-16/h5-11,13H,4,12H2,1-3H3,(H,21,22). The summed E-state index contributed by atoms with van der Waals surface area (Å²) in [6, 6.07) is 12.1. The van der Waals surface area contributed by atoms with Crippen LogP contribution in [0.5, 0.6) is 17.2 Å². The summed E-state index contributed by atoms with van der Waals surface area (Å²) in [5.74, 6) is 1.83. The Balaban J connectivity index is 1.87. The third kappa shape index (κ3) is 5.57. The monoisotopic (exact) mass is 363 g/mol. The van der Waals surface area contributed by atoms with Crippen LogP contribution in [0.2, 0.25) is 5.02 Å². The van der Waals surface area contributed by atoms with Gasteiger partial charge in [0.2, 0.25) is 0 Å². The van der Waals surface area contributed by atoms with Crippen molar-refractivity contribution in [2.75, 3.05) is 20.3 Å². The lowest BCUT2D eigenvalue weighted by atomic mass is 10.2. The molecule has 1 unspecified atom stereocenters. The van der Waals surface area contributed by atoms with Gasteiger partial charge in [-0.25, -0.2) is 0 Å². The number of benzene rings is 2. The van der Waals surface area contributed by atoms with Crippen LogP contribution < -0.4 is 19.5 Å². The van der Waals surface area contributed by atoms with Gasteiger partial charge >= 0.3 is 0 Å². The molecular weight excluding hydrogens is 342 g/mol. The van der Waals surface area contributed by atoms with Crippen LogP contribution in [0, 0.1) is 0 Å². The third-order valence-electron chi connectivity index (χ3n) is 3.43. The molecule has 0 fully saturated rings. The molecule has 0 radical (unpaired) electrons. The van der Waals surface area contributed by atoms with Crippen LogP contribution in [0.3, 0.4) is 0 Å². The van der Waals surface area contributed by atoms with E-state index in [1.807, 2.05) is 38.1 Å². The fourth-order valence-electron chi connectivity index (χ4n) is 2.16. The Morgan fingerprint density at radius 3 is 2.40 bits per heavy atom. The first kappa shape index (κ1) is 18.9. The predicted molar refractivity (Wildman–Crippen MR) is 98.0 cm³/mol. The van der Waals surface area contributed by atoms with Crippen LogP contribution in [0.15, 0.2) is 42.5 Å². The van der Waals surface area contributed by atoms with E-state index in [-0.39, 0.29) is 11.9 Å². The summed E-state index contributed by atoms with van der Waals surface area (Å²) in [4.78, 5) is 12.3. The Bertz CT molecular complexity index is 703. The number of carbonyl (C=O) groups excluding carboxylic acids is 1. The number of nitrogens with one attached hydrogen (secondary N) is 1. The fraction of sp³-hybridized carbons (Fsp3) is 0.316. The quantitative estimate of drug-likeness (QED) is 0.771. The lowest BCUT2D eigenvalue weighted by molar-refractivity contribution is 0.0926. The van der Waals surface area contributed by atoms with Crippen LogP contribution >= 0.6 is 11.6 Å². The maximum Gasteiger partial charge on any atom is 0.251 e. The van der Waals surface area contributed by atoms with Gasteiger partial charge in [-0.1, -0.05) is 11.6 Å². The van der Waals surface area contributed by atoms with Crippen LogP contribution in [0.25, 0.3) is 0 Å². The summed E-state index contributed by atoms with van der Waals surface area (Å²) in [6.07, 6.45) is 0. The predicted octanol–water partition coefficient (Wildman–Crippen LogP) is 3.94. The molecule has 0 aliphatic heterocycles. The zero-order valence-corrected chi connectivity index (χ0v) is 15.3. The first-order valence-electron chi connectivity index (χ1n) is 8.03. The molecule has 134 valence electrons. The number of amides is 1. The van der Waals surface area contributed by atoms with Gasteiger partial charge in [-0.05, 0) is 56.3 Å². The zero-order chi connectivity index (χ0) is 18.2.